The zero-order valence-corrected chi connectivity index (χ0v) is 9.05. The van der Waals surface area contributed by atoms with Gasteiger partial charge in [0.25, 0.3) is 0 Å². The minimum atomic E-state index is -0.919. The fraction of sp³-hybridized carbons (Fsp3) is 0.364. The van der Waals surface area contributed by atoms with Gasteiger partial charge in [-0.05, 0) is 30.5 Å². The first kappa shape index (κ1) is 11.1. The Balaban J connectivity index is 2.83. The number of hydrogen-bond acceptors (Lipinski definition) is 2. The van der Waals surface area contributed by atoms with Crippen LogP contribution in [0.25, 0.3) is 0 Å². The summed E-state index contributed by atoms with van der Waals surface area (Å²) in [7, 11) is 0. The van der Waals surface area contributed by atoms with E-state index >= 15 is 0 Å². The molecule has 0 aromatic heterocycles. The number of benzene rings is 1. The summed E-state index contributed by atoms with van der Waals surface area (Å²) < 4.78 is 0. The Hall–Kier alpha value is -0.960. The van der Waals surface area contributed by atoms with E-state index in [-0.39, 0.29) is 5.56 Å². The van der Waals surface area contributed by atoms with E-state index in [1.165, 1.54) is 0 Å². The molecular weight excluding hydrogens is 196 g/mol. The highest BCUT2D eigenvalue weighted by atomic mass is 32.1. The van der Waals surface area contributed by atoms with Crippen LogP contribution in [0.5, 0.6) is 0 Å². The maximum absolute atomic E-state index is 10.7. The molecule has 3 heteroatoms. The first-order valence-corrected chi connectivity index (χ1v) is 5.15. The second-order valence-electron chi connectivity index (χ2n) is 3.26. The molecule has 0 saturated carbocycles. The van der Waals surface area contributed by atoms with Gasteiger partial charge in [-0.2, -0.15) is 0 Å². The van der Waals surface area contributed by atoms with E-state index in [4.69, 9.17) is 5.11 Å². The second kappa shape index (κ2) is 5.05. The molecule has 14 heavy (non-hydrogen) atoms. The highest BCUT2D eigenvalue weighted by molar-refractivity contribution is 7.80. The molecule has 0 heterocycles. The molecule has 0 unspecified atom stereocenters. The van der Waals surface area contributed by atoms with E-state index < -0.39 is 5.97 Å². The van der Waals surface area contributed by atoms with Crippen LogP contribution in [-0.2, 0) is 6.42 Å². The van der Waals surface area contributed by atoms with Crippen molar-refractivity contribution in [2.24, 2.45) is 0 Å². The van der Waals surface area contributed by atoms with E-state index in [9.17, 15) is 4.79 Å². The lowest BCUT2D eigenvalue weighted by Gasteiger charge is -2.03. The second-order valence-corrected chi connectivity index (χ2v) is 3.74. The third kappa shape index (κ3) is 2.77. The molecule has 0 saturated heterocycles. The van der Waals surface area contributed by atoms with E-state index in [1.54, 1.807) is 6.07 Å². The van der Waals surface area contributed by atoms with Crippen LogP contribution < -0.4 is 0 Å². The molecule has 0 amide bonds. The van der Waals surface area contributed by atoms with Crippen molar-refractivity contribution < 1.29 is 9.90 Å². The molecule has 1 aromatic carbocycles. The van der Waals surface area contributed by atoms with Crippen LogP contribution in [0.1, 0.15) is 35.7 Å². The molecule has 0 bridgehead atoms. The fourth-order valence-corrected chi connectivity index (χ4v) is 1.63. The van der Waals surface area contributed by atoms with Crippen LogP contribution in [0.3, 0.4) is 0 Å². The predicted octanol–water partition coefficient (Wildman–Crippen LogP) is 3.02. The summed E-state index contributed by atoms with van der Waals surface area (Å²) in [5, 5.41) is 8.78. The number of carbonyl (C=O) groups is 1. The van der Waals surface area contributed by atoms with E-state index in [0.29, 0.717) is 4.90 Å². The highest BCUT2D eigenvalue weighted by Gasteiger charge is 2.07. The zero-order valence-electron chi connectivity index (χ0n) is 8.16. The van der Waals surface area contributed by atoms with Gasteiger partial charge in [0.15, 0.2) is 0 Å². The van der Waals surface area contributed by atoms with Gasteiger partial charge in [0.1, 0.15) is 0 Å². The SMILES string of the molecule is CCCCc1ccc(C(=O)O)c(S)c1. The number of thiol groups is 1. The van der Waals surface area contributed by atoms with E-state index in [2.05, 4.69) is 19.6 Å². The van der Waals surface area contributed by atoms with Gasteiger partial charge in [0.05, 0.1) is 5.56 Å². The Morgan fingerprint density at radius 2 is 2.21 bits per heavy atom. The van der Waals surface area contributed by atoms with Crippen molar-refractivity contribution in [3.05, 3.63) is 29.3 Å². The van der Waals surface area contributed by atoms with Crippen LogP contribution in [0.4, 0.5) is 0 Å². The van der Waals surface area contributed by atoms with Crippen molar-refractivity contribution in [2.75, 3.05) is 0 Å². The Morgan fingerprint density at radius 3 is 2.71 bits per heavy atom. The van der Waals surface area contributed by atoms with Gasteiger partial charge in [-0.25, -0.2) is 4.79 Å². The lowest BCUT2D eigenvalue weighted by Crippen LogP contribution is -1.98. The number of hydrogen-bond donors (Lipinski definition) is 2. The third-order valence-corrected chi connectivity index (χ3v) is 2.48. The fourth-order valence-electron chi connectivity index (χ4n) is 1.29. The molecule has 0 fully saturated rings. The molecule has 0 radical (unpaired) electrons. The van der Waals surface area contributed by atoms with E-state index in [1.807, 2.05) is 12.1 Å². The Labute approximate surface area is 89.4 Å². The van der Waals surface area contributed by atoms with Gasteiger partial charge in [-0.15, -0.1) is 12.6 Å². The molecule has 0 aliphatic carbocycles. The number of carboxylic acid groups (broad SMARTS) is 1. The molecule has 1 N–H and O–H groups in total. The number of aromatic carboxylic acids is 1. The van der Waals surface area contributed by atoms with Crippen LogP contribution in [0.2, 0.25) is 0 Å². The molecule has 0 aliphatic heterocycles. The number of carboxylic acids is 1. The van der Waals surface area contributed by atoms with E-state index in [0.717, 1.165) is 24.8 Å². The van der Waals surface area contributed by atoms with Crippen molar-refractivity contribution in [1.29, 1.82) is 0 Å². The highest BCUT2D eigenvalue weighted by Crippen LogP contribution is 2.17. The summed E-state index contributed by atoms with van der Waals surface area (Å²) in [6, 6.07) is 5.32. The quantitative estimate of drug-likeness (QED) is 0.749. The maximum Gasteiger partial charge on any atom is 0.336 e. The van der Waals surface area contributed by atoms with Crippen molar-refractivity contribution in [2.45, 2.75) is 31.1 Å². The Morgan fingerprint density at radius 1 is 1.50 bits per heavy atom. The first-order chi connectivity index (χ1) is 6.65. The van der Waals surface area contributed by atoms with Crippen LogP contribution in [0, 0.1) is 0 Å². The van der Waals surface area contributed by atoms with Crippen molar-refractivity contribution >= 4 is 18.6 Å². The molecule has 76 valence electrons. The molecule has 0 spiro atoms. The molecule has 0 atom stereocenters. The molecule has 0 aliphatic rings. The van der Waals surface area contributed by atoms with Crippen LogP contribution in [-0.4, -0.2) is 11.1 Å². The summed E-state index contributed by atoms with van der Waals surface area (Å²) in [6.45, 7) is 2.13. The summed E-state index contributed by atoms with van der Waals surface area (Å²) in [5.41, 5.74) is 1.43. The Kier molecular flexibility index (Phi) is 4.01. The summed E-state index contributed by atoms with van der Waals surface area (Å²) in [6.07, 6.45) is 3.26. The summed E-state index contributed by atoms with van der Waals surface area (Å²) >= 11 is 4.15. The molecular formula is C11H14O2S. The lowest BCUT2D eigenvalue weighted by atomic mass is 10.1. The topological polar surface area (TPSA) is 37.3 Å². The minimum absolute atomic E-state index is 0.272. The minimum Gasteiger partial charge on any atom is -0.478 e. The van der Waals surface area contributed by atoms with Crippen LogP contribution in [0.15, 0.2) is 23.1 Å². The van der Waals surface area contributed by atoms with Gasteiger partial charge >= 0.3 is 5.97 Å². The standard InChI is InChI=1S/C11H14O2S/c1-2-3-4-8-5-6-9(11(12)13)10(14)7-8/h5-7,14H,2-4H2,1H3,(H,12,13). The zero-order chi connectivity index (χ0) is 10.6. The monoisotopic (exact) mass is 210 g/mol. The number of unbranched alkanes of at least 4 members (excludes halogenated alkanes) is 1. The maximum atomic E-state index is 10.7. The molecule has 1 aromatic rings. The molecule has 1 rings (SSSR count). The average molecular weight is 210 g/mol. The van der Waals surface area contributed by atoms with Crippen molar-refractivity contribution in [3.63, 3.8) is 0 Å². The normalized spacial score (nSPS) is 10.1. The molecule has 2 nitrogen and oxygen atoms in total. The van der Waals surface area contributed by atoms with Gasteiger partial charge in [0, 0.05) is 4.90 Å². The van der Waals surface area contributed by atoms with Crippen LogP contribution >= 0.6 is 12.6 Å². The van der Waals surface area contributed by atoms with Gasteiger partial charge in [0.2, 0.25) is 0 Å². The average Bonchev–Trinajstić information content (AvgIpc) is 2.14. The summed E-state index contributed by atoms with van der Waals surface area (Å²) in [4.78, 5) is 11.2. The predicted molar refractivity (Wildman–Crippen MR) is 59.3 cm³/mol. The lowest BCUT2D eigenvalue weighted by molar-refractivity contribution is 0.0693. The van der Waals surface area contributed by atoms with Gasteiger partial charge in [-0.3, -0.25) is 0 Å². The van der Waals surface area contributed by atoms with Gasteiger partial charge in [-0.1, -0.05) is 19.4 Å². The van der Waals surface area contributed by atoms with Crippen molar-refractivity contribution in [1.82, 2.24) is 0 Å². The number of rotatable bonds is 4. The number of aryl methyl sites for hydroxylation is 1. The third-order valence-electron chi connectivity index (χ3n) is 2.11. The largest absolute Gasteiger partial charge is 0.478 e. The first-order valence-electron chi connectivity index (χ1n) is 4.70. The smallest absolute Gasteiger partial charge is 0.336 e. The van der Waals surface area contributed by atoms with Gasteiger partial charge < -0.3 is 5.11 Å². The van der Waals surface area contributed by atoms with Crippen molar-refractivity contribution in [3.8, 4) is 0 Å². The summed E-state index contributed by atoms with van der Waals surface area (Å²) in [5.74, 6) is -0.919. The Bertz CT molecular complexity index is 334.